The van der Waals surface area contributed by atoms with Crippen molar-refractivity contribution in [2.24, 2.45) is 5.73 Å². The number of rotatable bonds is 6. The molecular formula is C16H26N4O. The van der Waals surface area contributed by atoms with Crippen LogP contribution in [0, 0.1) is 0 Å². The number of benzene rings is 1. The number of para-hydroxylation sites is 1. The first-order valence-corrected chi connectivity index (χ1v) is 7.74. The van der Waals surface area contributed by atoms with Crippen LogP contribution in [-0.4, -0.2) is 61.0 Å². The standard InChI is InChI=1S/C16H26N4O/c1-2-15(12-17)20-10-8-19(9-11-20)13-16(21)18-14-6-4-3-5-7-14/h3-7,15H,2,8-13,17H2,1H3,(H,18,21). The second kappa shape index (κ2) is 8.12. The van der Waals surface area contributed by atoms with E-state index in [1.54, 1.807) is 0 Å². The van der Waals surface area contributed by atoms with Crippen LogP contribution in [0.15, 0.2) is 30.3 Å². The average Bonchev–Trinajstić information content (AvgIpc) is 2.51. The minimum atomic E-state index is 0.0560. The summed E-state index contributed by atoms with van der Waals surface area (Å²) < 4.78 is 0. The second-order valence-corrected chi connectivity index (χ2v) is 5.52. The number of hydrogen-bond acceptors (Lipinski definition) is 4. The third kappa shape index (κ3) is 4.81. The molecule has 3 N–H and O–H groups in total. The highest BCUT2D eigenvalue weighted by Crippen LogP contribution is 2.09. The quantitative estimate of drug-likeness (QED) is 0.820. The number of piperazine rings is 1. The average molecular weight is 290 g/mol. The maximum absolute atomic E-state index is 12.0. The Bertz CT molecular complexity index is 425. The molecule has 1 aliphatic heterocycles. The Morgan fingerprint density at radius 1 is 1.24 bits per heavy atom. The summed E-state index contributed by atoms with van der Waals surface area (Å²) in [5, 5.41) is 2.93. The van der Waals surface area contributed by atoms with Crippen LogP contribution in [-0.2, 0) is 4.79 Å². The molecule has 1 amide bonds. The number of hydrogen-bond donors (Lipinski definition) is 2. The van der Waals surface area contributed by atoms with Gasteiger partial charge in [0, 0.05) is 44.5 Å². The van der Waals surface area contributed by atoms with Gasteiger partial charge in [-0.1, -0.05) is 25.1 Å². The topological polar surface area (TPSA) is 61.6 Å². The van der Waals surface area contributed by atoms with Crippen molar-refractivity contribution in [2.75, 3.05) is 44.6 Å². The fourth-order valence-electron chi connectivity index (χ4n) is 2.79. The Balaban J connectivity index is 1.74. The van der Waals surface area contributed by atoms with Gasteiger partial charge in [-0.2, -0.15) is 0 Å². The van der Waals surface area contributed by atoms with Gasteiger partial charge in [-0.15, -0.1) is 0 Å². The van der Waals surface area contributed by atoms with Crippen molar-refractivity contribution in [1.82, 2.24) is 9.80 Å². The first-order chi connectivity index (χ1) is 10.2. The number of carbonyl (C=O) groups excluding carboxylic acids is 1. The summed E-state index contributed by atoms with van der Waals surface area (Å²) in [6, 6.07) is 10.1. The molecule has 21 heavy (non-hydrogen) atoms. The molecule has 1 aliphatic rings. The predicted molar refractivity (Wildman–Crippen MR) is 86.2 cm³/mol. The Morgan fingerprint density at radius 2 is 1.90 bits per heavy atom. The molecule has 0 spiro atoms. The van der Waals surface area contributed by atoms with Gasteiger partial charge >= 0.3 is 0 Å². The first-order valence-electron chi connectivity index (χ1n) is 7.74. The summed E-state index contributed by atoms with van der Waals surface area (Å²) in [5.41, 5.74) is 6.65. The van der Waals surface area contributed by atoms with Crippen LogP contribution in [0.5, 0.6) is 0 Å². The Hall–Kier alpha value is -1.43. The molecule has 1 unspecified atom stereocenters. The SMILES string of the molecule is CCC(CN)N1CCN(CC(=O)Nc2ccccc2)CC1. The maximum Gasteiger partial charge on any atom is 0.238 e. The van der Waals surface area contributed by atoms with E-state index >= 15 is 0 Å². The van der Waals surface area contributed by atoms with Crippen LogP contribution < -0.4 is 11.1 Å². The minimum absolute atomic E-state index is 0.0560. The van der Waals surface area contributed by atoms with E-state index in [9.17, 15) is 4.79 Å². The van der Waals surface area contributed by atoms with Crippen LogP contribution in [0.1, 0.15) is 13.3 Å². The van der Waals surface area contributed by atoms with E-state index in [2.05, 4.69) is 22.0 Å². The van der Waals surface area contributed by atoms with Gasteiger partial charge in [0.15, 0.2) is 0 Å². The van der Waals surface area contributed by atoms with Gasteiger partial charge in [0.25, 0.3) is 0 Å². The molecule has 5 heteroatoms. The smallest absolute Gasteiger partial charge is 0.238 e. The number of nitrogens with one attached hydrogen (secondary N) is 1. The van der Waals surface area contributed by atoms with E-state index < -0.39 is 0 Å². The monoisotopic (exact) mass is 290 g/mol. The Kier molecular flexibility index (Phi) is 6.17. The van der Waals surface area contributed by atoms with Gasteiger partial charge in [-0.3, -0.25) is 14.6 Å². The zero-order chi connectivity index (χ0) is 15.1. The predicted octanol–water partition coefficient (Wildman–Crippen LogP) is 0.980. The molecular weight excluding hydrogens is 264 g/mol. The molecule has 1 fully saturated rings. The first kappa shape index (κ1) is 15.9. The Morgan fingerprint density at radius 3 is 2.48 bits per heavy atom. The number of nitrogens with zero attached hydrogens (tertiary/aromatic N) is 2. The summed E-state index contributed by atoms with van der Waals surface area (Å²) in [6.07, 6.45) is 1.09. The van der Waals surface area contributed by atoms with Gasteiger partial charge in [-0.05, 0) is 18.6 Å². The lowest BCUT2D eigenvalue weighted by atomic mass is 10.1. The number of carbonyl (C=O) groups is 1. The molecule has 1 aromatic carbocycles. The highest BCUT2D eigenvalue weighted by atomic mass is 16.2. The van der Waals surface area contributed by atoms with Crippen molar-refractivity contribution in [1.29, 1.82) is 0 Å². The van der Waals surface area contributed by atoms with Gasteiger partial charge in [-0.25, -0.2) is 0 Å². The third-order valence-electron chi connectivity index (χ3n) is 4.09. The van der Waals surface area contributed by atoms with Crippen molar-refractivity contribution < 1.29 is 4.79 Å². The molecule has 0 aromatic heterocycles. The van der Waals surface area contributed by atoms with Gasteiger partial charge in [0.1, 0.15) is 0 Å². The number of amides is 1. The van der Waals surface area contributed by atoms with E-state index in [1.807, 2.05) is 30.3 Å². The van der Waals surface area contributed by atoms with Gasteiger partial charge < -0.3 is 11.1 Å². The van der Waals surface area contributed by atoms with Crippen LogP contribution in [0.2, 0.25) is 0 Å². The molecule has 0 saturated carbocycles. The van der Waals surface area contributed by atoms with E-state index in [-0.39, 0.29) is 5.91 Å². The van der Waals surface area contributed by atoms with E-state index in [0.717, 1.165) is 38.3 Å². The molecule has 0 radical (unpaired) electrons. The summed E-state index contributed by atoms with van der Waals surface area (Å²) in [5.74, 6) is 0.0560. The lowest BCUT2D eigenvalue weighted by Crippen LogP contribution is -2.53. The zero-order valence-corrected chi connectivity index (χ0v) is 12.8. The third-order valence-corrected chi connectivity index (χ3v) is 4.09. The molecule has 1 saturated heterocycles. The summed E-state index contributed by atoms with van der Waals surface area (Å²) in [4.78, 5) is 16.7. The fourth-order valence-corrected chi connectivity index (χ4v) is 2.79. The van der Waals surface area contributed by atoms with Gasteiger partial charge in [0.05, 0.1) is 6.54 Å². The summed E-state index contributed by atoms with van der Waals surface area (Å²) in [7, 11) is 0. The normalized spacial score (nSPS) is 18.4. The van der Waals surface area contributed by atoms with Crippen molar-refractivity contribution in [3.63, 3.8) is 0 Å². The zero-order valence-electron chi connectivity index (χ0n) is 12.8. The molecule has 5 nitrogen and oxygen atoms in total. The van der Waals surface area contributed by atoms with Crippen molar-refractivity contribution in [3.8, 4) is 0 Å². The lowest BCUT2D eigenvalue weighted by molar-refractivity contribution is -0.117. The van der Waals surface area contributed by atoms with Crippen LogP contribution in [0.3, 0.4) is 0 Å². The van der Waals surface area contributed by atoms with Crippen molar-refractivity contribution in [3.05, 3.63) is 30.3 Å². The fraction of sp³-hybridized carbons (Fsp3) is 0.562. The summed E-state index contributed by atoms with van der Waals surface area (Å²) in [6.45, 7) is 7.20. The number of anilines is 1. The maximum atomic E-state index is 12.0. The van der Waals surface area contributed by atoms with Crippen molar-refractivity contribution >= 4 is 11.6 Å². The Labute approximate surface area is 127 Å². The summed E-state index contributed by atoms with van der Waals surface area (Å²) >= 11 is 0. The number of nitrogens with two attached hydrogens (primary N) is 1. The van der Waals surface area contributed by atoms with Crippen LogP contribution >= 0.6 is 0 Å². The van der Waals surface area contributed by atoms with Gasteiger partial charge in [0.2, 0.25) is 5.91 Å². The molecule has 1 aromatic rings. The molecule has 2 rings (SSSR count). The largest absolute Gasteiger partial charge is 0.329 e. The highest BCUT2D eigenvalue weighted by molar-refractivity contribution is 5.92. The molecule has 116 valence electrons. The molecule has 1 atom stereocenters. The highest BCUT2D eigenvalue weighted by Gasteiger charge is 2.22. The van der Waals surface area contributed by atoms with E-state index in [1.165, 1.54) is 0 Å². The molecule has 1 heterocycles. The molecule has 0 bridgehead atoms. The molecule has 0 aliphatic carbocycles. The van der Waals surface area contributed by atoms with E-state index in [0.29, 0.717) is 19.1 Å². The van der Waals surface area contributed by atoms with Crippen LogP contribution in [0.25, 0.3) is 0 Å². The lowest BCUT2D eigenvalue weighted by Gasteiger charge is -2.38. The second-order valence-electron chi connectivity index (χ2n) is 5.52. The van der Waals surface area contributed by atoms with E-state index in [4.69, 9.17) is 5.73 Å². The minimum Gasteiger partial charge on any atom is -0.329 e. The van der Waals surface area contributed by atoms with Crippen molar-refractivity contribution in [2.45, 2.75) is 19.4 Å². The van der Waals surface area contributed by atoms with Crippen LogP contribution in [0.4, 0.5) is 5.69 Å².